The molecule has 2 rings (SSSR count). The lowest BCUT2D eigenvalue weighted by Crippen LogP contribution is -2.46. The summed E-state index contributed by atoms with van der Waals surface area (Å²) in [5.74, 6) is 1.97. The minimum Gasteiger partial charge on any atom is -0.354 e. The van der Waals surface area contributed by atoms with Crippen molar-refractivity contribution in [2.75, 3.05) is 6.54 Å². The number of aliphatic imine (C=N–C) groups is 1. The Kier molecular flexibility index (Phi) is 9.50. The molecule has 0 radical (unpaired) electrons. The summed E-state index contributed by atoms with van der Waals surface area (Å²) in [6.07, 6.45) is 8.96. The Morgan fingerprint density at radius 1 is 1.39 bits per heavy atom. The molecule has 23 heavy (non-hydrogen) atoms. The average molecular weight is 434 g/mol. The van der Waals surface area contributed by atoms with Crippen LogP contribution in [-0.2, 0) is 13.0 Å². The van der Waals surface area contributed by atoms with Crippen molar-refractivity contribution in [1.29, 1.82) is 0 Å². The molecular weight excluding hydrogens is 403 g/mol. The topological polar surface area (TPSA) is 67.1 Å². The van der Waals surface area contributed by atoms with Crippen molar-refractivity contribution in [3.8, 4) is 0 Å². The summed E-state index contributed by atoms with van der Waals surface area (Å²) in [7, 11) is 0. The molecule has 1 heterocycles. The van der Waals surface area contributed by atoms with E-state index < -0.39 is 0 Å². The molecule has 7 heteroatoms. The molecule has 0 spiro atoms. The van der Waals surface area contributed by atoms with Crippen molar-refractivity contribution in [1.82, 2.24) is 25.4 Å². The van der Waals surface area contributed by atoms with Crippen LogP contribution in [0.2, 0.25) is 0 Å². The summed E-state index contributed by atoms with van der Waals surface area (Å²) < 4.78 is 2.08. The Labute approximate surface area is 157 Å². The van der Waals surface area contributed by atoms with Crippen molar-refractivity contribution < 1.29 is 0 Å². The van der Waals surface area contributed by atoms with E-state index in [4.69, 9.17) is 4.99 Å². The molecule has 2 N–H and O–H groups in total. The van der Waals surface area contributed by atoms with Crippen molar-refractivity contribution >= 4 is 29.9 Å². The van der Waals surface area contributed by atoms with E-state index in [1.807, 2.05) is 0 Å². The van der Waals surface area contributed by atoms with Gasteiger partial charge in [0, 0.05) is 25.0 Å². The first kappa shape index (κ1) is 20.2. The highest BCUT2D eigenvalue weighted by molar-refractivity contribution is 14.0. The van der Waals surface area contributed by atoms with Crippen LogP contribution in [0.1, 0.15) is 58.7 Å². The molecule has 1 aliphatic rings. The Bertz CT molecular complexity index is 467. The Hall–Kier alpha value is -0.860. The average Bonchev–Trinajstić information content (AvgIpc) is 3.18. The molecule has 0 aromatic carbocycles. The summed E-state index contributed by atoms with van der Waals surface area (Å²) in [6, 6.07) is 1.02. The smallest absolute Gasteiger partial charge is 0.191 e. The van der Waals surface area contributed by atoms with E-state index in [0.29, 0.717) is 12.1 Å². The number of nitrogens with zero attached hydrogens (tertiary/aromatic N) is 4. The summed E-state index contributed by atoms with van der Waals surface area (Å²) in [6.45, 7) is 8.05. The van der Waals surface area contributed by atoms with Gasteiger partial charge in [-0.3, -0.25) is 4.99 Å². The second-order valence-electron chi connectivity index (χ2n) is 6.10. The van der Waals surface area contributed by atoms with E-state index in [0.717, 1.165) is 37.7 Å². The third kappa shape index (κ3) is 6.64. The van der Waals surface area contributed by atoms with Crippen LogP contribution in [0.3, 0.4) is 0 Å². The van der Waals surface area contributed by atoms with Gasteiger partial charge in [0.1, 0.15) is 12.2 Å². The second-order valence-corrected chi connectivity index (χ2v) is 6.10. The predicted molar refractivity (Wildman–Crippen MR) is 105 cm³/mol. The van der Waals surface area contributed by atoms with E-state index in [1.54, 1.807) is 6.33 Å². The fourth-order valence-electron chi connectivity index (χ4n) is 2.74. The zero-order valence-electron chi connectivity index (χ0n) is 14.6. The number of rotatable bonds is 7. The molecule has 6 nitrogen and oxygen atoms in total. The number of aryl methyl sites for hydroxylation is 1. The normalized spacial score (nSPS) is 16.9. The van der Waals surface area contributed by atoms with Gasteiger partial charge in [-0.25, -0.2) is 0 Å². The first-order valence-corrected chi connectivity index (χ1v) is 8.67. The molecule has 1 aromatic rings. The van der Waals surface area contributed by atoms with Gasteiger partial charge >= 0.3 is 0 Å². The molecule has 1 atom stereocenters. The molecule has 0 amide bonds. The molecule has 0 bridgehead atoms. The van der Waals surface area contributed by atoms with Crippen LogP contribution in [0.5, 0.6) is 0 Å². The molecule has 1 saturated carbocycles. The lowest BCUT2D eigenvalue weighted by atomic mass is 10.2. The highest BCUT2D eigenvalue weighted by atomic mass is 127. The quantitative estimate of drug-likeness (QED) is 0.394. The zero-order valence-corrected chi connectivity index (χ0v) is 16.9. The number of guanidine groups is 1. The Morgan fingerprint density at radius 2 is 2.13 bits per heavy atom. The standard InChI is InChI=1S/C16H30N6.HI/c1-4-13(3)19-16(20-14-8-6-7-9-14)17-10-11-22-12-18-21-15(22)5-2;/h12-14H,4-11H2,1-3H3,(H2,17,19,20);1H. The van der Waals surface area contributed by atoms with E-state index in [-0.39, 0.29) is 24.0 Å². The van der Waals surface area contributed by atoms with Gasteiger partial charge in [0.05, 0.1) is 6.54 Å². The molecule has 1 aromatic heterocycles. The largest absolute Gasteiger partial charge is 0.354 e. The van der Waals surface area contributed by atoms with Crippen LogP contribution in [-0.4, -0.2) is 39.4 Å². The molecular formula is C16H31IN6. The Balaban J connectivity index is 0.00000264. The second kappa shape index (κ2) is 10.8. The third-order valence-electron chi connectivity index (χ3n) is 4.31. The molecule has 0 aliphatic heterocycles. The van der Waals surface area contributed by atoms with Gasteiger partial charge in [0.25, 0.3) is 0 Å². The maximum Gasteiger partial charge on any atom is 0.191 e. The number of nitrogens with one attached hydrogen (secondary N) is 2. The predicted octanol–water partition coefficient (Wildman–Crippen LogP) is 2.73. The summed E-state index contributed by atoms with van der Waals surface area (Å²) in [5.41, 5.74) is 0. The van der Waals surface area contributed by atoms with Crippen LogP contribution >= 0.6 is 24.0 Å². The maximum absolute atomic E-state index is 4.74. The number of hydrogen-bond acceptors (Lipinski definition) is 3. The summed E-state index contributed by atoms with van der Waals surface area (Å²) in [4.78, 5) is 4.74. The summed E-state index contributed by atoms with van der Waals surface area (Å²) >= 11 is 0. The number of hydrogen-bond donors (Lipinski definition) is 2. The van der Waals surface area contributed by atoms with Crippen molar-refractivity contribution in [3.05, 3.63) is 12.2 Å². The van der Waals surface area contributed by atoms with Gasteiger partial charge in [-0.15, -0.1) is 34.2 Å². The van der Waals surface area contributed by atoms with Gasteiger partial charge in [-0.2, -0.15) is 0 Å². The fraction of sp³-hybridized carbons (Fsp3) is 0.812. The molecule has 1 unspecified atom stereocenters. The third-order valence-corrected chi connectivity index (χ3v) is 4.31. The van der Waals surface area contributed by atoms with E-state index in [9.17, 15) is 0 Å². The van der Waals surface area contributed by atoms with Gasteiger partial charge in [0.15, 0.2) is 5.96 Å². The minimum atomic E-state index is 0. The van der Waals surface area contributed by atoms with Crippen LogP contribution in [0.4, 0.5) is 0 Å². The van der Waals surface area contributed by atoms with Crippen LogP contribution in [0.15, 0.2) is 11.3 Å². The van der Waals surface area contributed by atoms with Crippen LogP contribution in [0, 0.1) is 0 Å². The fourth-order valence-corrected chi connectivity index (χ4v) is 2.74. The van der Waals surface area contributed by atoms with Crippen molar-refractivity contribution in [2.24, 2.45) is 4.99 Å². The molecule has 1 aliphatic carbocycles. The highest BCUT2D eigenvalue weighted by Gasteiger charge is 2.16. The molecule has 0 saturated heterocycles. The Morgan fingerprint density at radius 3 is 2.78 bits per heavy atom. The summed E-state index contributed by atoms with van der Waals surface area (Å²) in [5, 5.41) is 15.2. The van der Waals surface area contributed by atoms with E-state index >= 15 is 0 Å². The lowest BCUT2D eigenvalue weighted by molar-refractivity contribution is 0.573. The molecule has 1 fully saturated rings. The zero-order chi connectivity index (χ0) is 15.8. The number of aromatic nitrogens is 3. The number of halogens is 1. The minimum absolute atomic E-state index is 0. The van der Waals surface area contributed by atoms with E-state index in [2.05, 4.69) is 46.2 Å². The monoisotopic (exact) mass is 434 g/mol. The van der Waals surface area contributed by atoms with E-state index in [1.165, 1.54) is 25.7 Å². The molecule has 132 valence electrons. The first-order chi connectivity index (χ1) is 10.7. The van der Waals surface area contributed by atoms with Gasteiger partial charge in [0.2, 0.25) is 0 Å². The lowest BCUT2D eigenvalue weighted by Gasteiger charge is -2.20. The van der Waals surface area contributed by atoms with Crippen LogP contribution in [0.25, 0.3) is 0 Å². The van der Waals surface area contributed by atoms with Crippen molar-refractivity contribution in [3.63, 3.8) is 0 Å². The maximum atomic E-state index is 4.74. The van der Waals surface area contributed by atoms with Gasteiger partial charge < -0.3 is 15.2 Å². The SMILES string of the molecule is CCc1nncn1CCN=C(NC(C)CC)NC1CCCC1.I. The first-order valence-electron chi connectivity index (χ1n) is 8.67. The van der Waals surface area contributed by atoms with Gasteiger partial charge in [-0.1, -0.05) is 26.7 Å². The van der Waals surface area contributed by atoms with Crippen LogP contribution < -0.4 is 10.6 Å². The van der Waals surface area contributed by atoms with Crippen molar-refractivity contribution in [2.45, 2.75) is 77.9 Å². The highest BCUT2D eigenvalue weighted by Crippen LogP contribution is 2.17. The van der Waals surface area contributed by atoms with Gasteiger partial charge in [-0.05, 0) is 26.2 Å².